The van der Waals surface area contributed by atoms with Crippen LogP contribution in [-0.2, 0) is 22.5 Å². The van der Waals surface area contributed by atoms with Gasteiger partial charge in [-0.25, -0.2) is 9.78 Å². The molecule has 1 unspecified atom stereocenters. The number of hydrogen-bond donors (Lipinski definition) is 3. The maximum atomic E-state index is 12.9. The molecule has 2 aromatic rings. The highest BCUT2D eigenvalue weighted by Gasteiger charge is 2.27. The first-order valence-corrected chi connectivity index (χ1v) is 11.2. The predicted molar refractivity (Wildman–Crippen MR) is 123 cm³/mol. The number of thiazole rings is 1. The van der Waals surface area contributed by atoms with Gasteiger partial charge in [-0.3, -0.25) is 9.59 Å². The number of nitrogens with one attached hydrogen (secondary N) is 3. The van der Waals surface area contributed by atoms with E-state index in [0.29, 0.717) is 10.7 Å². The zero-order valence-electron chi connectivity index (χ0n) is 18.7. The largest absolute Gasteiger partial charge is 0.444 e. The SMILES string of the molecule is CN1CCc2nc(C(=O)NC(CNC(=O)OC(C)(C)C)C(=O)Nc3ccccc3)sc2C1. The van der Waals surface area contributed by atoms with Gasteiger partial charge in [0.2, 0.25) is 5.91 Å². The number of benzene rings is 1. The number of nitrogens with zero attached hydrogens (tertiary/aromatic N) is 2. The van der Waals surface area contributed by atoms with Gasteiger partial charge in [0.15, 0.2) is 5.01 Å². The Labute approximate surface area is 191 Å². The normalized spacial score (nSPS) is 14.8. The lowest BCUT2D eigenvalue weighted by atomic mass is 10.2. The van der Waals surface area contributed by atoms with E-state index < -0.39 is 29.6 Å². The van der Waals surface area contributed by atoms with Crippen LogP contribution in [0, 0.1) is 0 Å². The highest BCUT2D eigenvalue weighted by molar-refractivity contribution is 7.13. The molecule has 0 spiro atoms. The van der Waals surface area contributed by atoms with Gasteiger partial charge < -0.3 is 25.6 Å². The topological polar surface area (TPSA) is 113 Å². The van der Waals surface area contributed by atoms with E-state index in [1.54, 1.807) is 45.0 Å². The van der Waals surface area contributed by atoms with Gasteiger partial charge in [0, 0.05) is 30.1 Å². The number of carbonyl (C=O) groups excluding carboxylic acids is 3. The smallest absolute Gasteiger partial charge is 0.407 e. The number of likely N-dealkylation sites (N-methyl/N-ethyl adjacent to an activating group) is 1. The molecule has 1 aromatic heterocycles. The summed E-state index contributed by atoms with van der Waals surface area (Å²) in [6.07, 6.45) is 0.116. The number of carbonyl (C=O) groups is 3. The number of rotatable bonds is 6. The van der Waals surface area contributed by atoms with Crippen molar-refractivity contribution in [1.82, 2.24) is 20.5 Å². The van der Waals surface area contributed by atoms with Crippen molar-refractivity contribution >= 4 is 34.9 Å². The Morgan fingerprint density at radius 2 is 1.94 bits per heavy atom. The molecular weight excluding hydrogens is 430 g/mol. The molecule has 0 aliphatic carbocycles. The van der Waals surface area contributed by atoms with Gasteiger partial charge in [-0.05, 0) is 40.0 Å². The number of ether oxygens (including phenoxy) is 1. The summed E-state index contributed by atoms with van der Waals surface area (Å²) in [4.78, 5) is 45.5. The van der Waals surface area contributed by atoms with Gasteiger partial charge >= 0.3 is 6.09 Å². The van der Waals surface area contributed by atoms with E-state index in [4.69, 9.17) is 4.74 Å². The first kappa shape index (κ1) is 23.7. The fraction of sp³-hybridized carbons (Fsp3) is 0.455. The van der Waals surface area contributed by atoms with E-state index in [2.05, 4.69) is 25.8 Å². The van der Waals surface area contributed by atoms with E-state index in [1.807, 2.05) is 13.1 Å². The Morgan fingerprint density at radius 3 is 2.62 bits per heavy atom. The first-order chi connectivity index (χ1) is 15.1. The molecule has 32 heavy (non-hydrogen) atoms. The minimum Gasteiger partial charge on any atom is -0.444 e. The number of amides is 3. The Kier molecular flexibility index (Phi) is 7.47. The lowest BCUT2D eigenvalue weighted by Gasteiger charge is -2.22. The molecule has 3 rings (SSSR count). The Morgan fingerprint density at radius 1 is 1.22 bits per heavy atom. The van der Waals surface area contributed by atoms with Crippen LogP contribution in [0.5, 0.6) is 0 Å². The molecule has 3 N–H and O–H groups in total. The van der Waals surface area contributed by atoms with Crippen LogP contribution in [0.4, 0.5) is 10.5 Å². The lowest BCUT2D eigenvalue weighted by molar-refractivity contribution is -0.117. The summed E-state index contributed by atoms with van der Waals surface area (Å²) in [6.45, 7) is 6.74. The second-order valence-corrected chi connectivity index (χ2v) is 9.72. The standard InChI is InChI=1S/C22H29N5O4S/c1-22(2,3)31-21(30)23-12-16(18(28)24-14-8-6-5-7-9-14)25-19(29)20-26-15-10-11-27(4)13-17(15)32-20/h5-9,16H,10-13H2,1-4H3,(H,23,30)(H,24,28)(H,25,29). The maximum absolute atomic E-state index is 12.9. The molecule has 10 heteroatoms. The van der Waals surface area contributed by atoms with Crippen LogP contribution in [0.25, 0.3) is 0 Å². The number of aromatic nitrogens is 1. The number of para-hydroxylation sites is 1. The Bertz CT molecular complexity index is 970. The highest BCUT2D eigenvalue weighted by atomic mass is 32.1. The van der Waals surface area contributed by atoms with Crippen molar-refractivity contribution in [3.8, 4) is 0 Å². The molecule has 1 atom stereocenters. The molecule has 0 radical (unpaired) electrons. The van der Waals surface area contributed by atoms with Gasteiger partial charge in [-0.1, -0.05) is 18.2 Å². The van der Waals surface area contributed by atoms with Crippen LogP contribution in [0.15, 0.2) is 30.3 Å². The van der Waals surface area contributed by atoms with Crippen molar-refractivity contribution in [2.45, 2.75) is 45.4 Å². The average Bonchev–Trinajstić information content (AvgIpc) is 3.13. The lowest BCUT2D eigenvalue weighted by Crippen LogP contribution is -2.51. The van der Waals surface area contributed by atoms with Crippen molar-refractivity contribution in [2.75, 3.05) is 25.5 Å². The molecule has 0 fully saturated rings. The van der Waals surface area contributed by atoms with E-state index in [1.165, 1.54) is 11.3 Å². The summed E-state index contributed by atoms with van der Waals surface area (Å²) in [6, 6.07) is 7.88. The van der Waals surface area contributed by atoms with Crippen LogP contribution in [0.2, 0.25) is 0 Å². The van der Waals surface area contributed by atoms with Crippen LogP contribution in [-0.4, -0.2) is 59.6 Å². The predicted octanol–water partition coefficient (Wildman–Crippen LogP) is 2.39. The fourth-order valence-electron chi connectivity index (χ4n) is 3.10. The molecule has 0 bridgehead atoms. The van der Waals surface area contributed by atoms with Crippen molar-refractivity contribution in [1.29, 1.82) is 0 Å². The van der Waals surface area contributed by atoms with Gasteiger partial charge in [-0.15, -0.1) is 11.3 Å². The molecule has 1 aromatic carbocycles. The van der Waals surface area contributed by atoms with Gasteiger partial charge in [0.25, 0.3) is 5.91 Å². The molecule has 9 nitrogen and oxygen atoms in total. The third kappa shape index (κ3) is 6.76. The summed E-state index contributed by atoms with van der Waals surface area (Å²) in [5.74, 6) is -0.909. The van der Waals surface area contributed by atoms with E-state index >= 15 is 0 Å². The van der Waals surface area contributed by atoms with Crippen molar-refractivity contribution in [2.24, 2.45) is 0 Å². The average molecular weight is 460 g/mol. The Hall–Kier alpha value is -2.98. The molecule has 172 valence electrons. The monoisotopic (exact) mass is 459 g/mol. The second-order valence-electron chi connectivity index (χ2n) is 8.64. The molecule has 1 aliphatic rings. The summed E-state index contributed by atoms with van der Waals surface area (Å²) < 4.78 is 5.23. The number of fused-ring (bicyclic) bond motifs is 1. The fourth-order valence-corrected chi connectivity index (χ4v) is 4.19. The van der Waals surface area contributed by atoms with E-state index in [-0.39, 0.29) is 6.54 Å². The molecule has 0 saturated heterocycles. The molecule has 3 amide bonds. The summed E-state index contributed by atoms with van der Waals surface area (Å²) in [5.41, 5.74) is 0.833. The quantitative estimate of drug-likeness (QED) is 0.612. The van der Waals surface area contributed by atoms with Crippen LogP contribution >= 0.6 is 11.3 Å². The highest BCUT2D eigenvalue weighted by Crippen LogP contribution is 2.24. The summed E-state index contributed by atoms with van der Waals surface area (Å²) in [5, 5.41) is 8.32. The Balaban J connectivity index is 1.70. The van der Waals surface area contributed by atoms with Gasteiger partial charge in [0.1, 0.15) is 11.6 Å². The third-order valence-corrected chi connectivity index (χ3v) is 5.71. The van der Waals surface area contributed by atoms with Crippen molar-refractivity contribution < 1.29 is 19.1 Å². The van der Waals surface area contributed by atoms with Crippen molar-refractivity contribution in [3.05, 3.63) is 45.9 Å². The van der Waals surface area contributed by atoms with E-state index in [9.17, 15) is 14.4 Å². The number of hydrogen-bond acceptors (Lipinski definition) is 7. The van der Waals surface area contributed by atoms with E-state index in [0.717, 1.165) is 30.1 Å². The maximum Gasteiger partial charge on any atom is 0.407 e. The third-order valence-electron chi connectivity index (χ3n) is 4.63. The zero-order valence-corrected chi connectivity index (χ0v) is 19.5. The zero-order chi connectivity index (χ0) is 23.3. The molecule has 0 saturated carbocycles. The molecular formula is C22H29N5O4S. The summed E-state index contributed by atoms with van der Waals surface area (Å²) >= 11 is 1.33. The minimum absolute atomic E-state index is 0.132. The van der Waals surface area contributed by atoms with Crippen LogP contribution in [0.3, 0.4) is 0 Å². The van der Waals surface area contributed by atoms with Crippen LogP contribution in [0.1, 0.15) is 41.1 Å². The minimum atomic E-state index is -1.01. The summed E-state index contributed by atoms with van der Waals surface area (Å²) in [7, 11) is 2.02. The van der Waals surface area contributed by atoms with Crippen molar-refractivity contribution in [3.63, 3.8) is 0 Å². The first-order valence-electron chi connectivity index (χ1n) is 10.4. The van der Waals surface area contributed by atoms with Gasteiger partial charge in [0.05, 0.1) is 12.2 Å². The number of anilines is 1. The van der Waals surface area contributed by atoms with Crippen LogP contribution < -0.4 is 16.0 Å². The second kappa shape index (κ2) is 10.1. The van der Waals surface area contributed by atoms with Gasteiger partial charge in [-0.2, -0.15) is 0 Å². The number of alkyl carbamates (subject to hydrolysis) is 1. The molecule has 2 heterocycles. The molecule has 1 aliphatic heterocycles.